The molecule has 1 aromatic heterocycles. The second kappa shape index (κ2) is 13.5. The van der Waals surface area contributed by atoms with Crippen molar-refractivity contribution < 1.29 is 42.1 Å². The molecule has 0 bridgehead atoms. The van der Waals surface area contributed by atoms with Crippen LogP contribution in [0.1, 0.15) is 57.1 Å². The van der Waals surface area contributed by atoms with Gasteiger partial charge in [0.2, 0.25) is 5.91 Å². The predicted molar refractivity (Wildman–Crippen MR) is 147 cm³/mol. The molecule has 0 saturated carbocycles. The number of benzene rings is 1. The molecule has 15 heteroatoms. The summed E-state index contributed by atoms with van der Waals surface area (Å²) in [5.41, 5.74) is -1.37. The first-order valence-corrected chi connectivity index (χ1v) is 13.1. The molecule has 12 nitrogen and oxygen atoms in total. The number of aliphatic imine (C=N–C) groups is 1. The number of amides is 2. The van der Waals surface area contributed by atoms with E-state index < -0.39 is 41.2 Å². The molecule has 228 valence electrons. The molecule has 42 heavy (non-hydrogen) atoms. The minimum absolute atomic E-state index is 0.102. The third-order valence-electron chi connectivity index (χ3n) is 5.78. The Hall–Kier alpha value is -4.43. The monoisotopic (exact) mass is 594 g/mol. The number of carbonyl (C=O) groups excluding carboxylic acids is 2. The van der Waals surface area contributed by atoms with Crippen molar-refractivity contribution in [2.75, 3.05) is 37.4 Å². The number of nitrogens with one attached hydrogen (secondary N) is 2. The molecule has 1 aliphatic heterocycles. The molecule has 1 aromatic carbocycles. The molecule has 1 atom stereocenters. The van der Waals surface area contributed by atoms with E-state index in [9.17, 15) is 27.6 Å². The lowest BCUT2D eigenvalue weighted by Gasteiger charge is -2.24. The van der Waals surface area contributed by atoms with Gasteiger partial charge in [0.05, 0.1) is 23.4 Å². The Kier molecular flexibility index (Phi) is 10.3. The fourth-order valence-corrected chi connectivity index (χ4v) is 3.83. The highest BCUT2D eigenvalue weighted by molar-refractivity contribution is 6.13. The molecule has 2 aromatic rings. The SMILES string of the molecule is CN(CCCNc1ncnc2c1C(C=Nc1cc(OCCCC(=O)O)cc(C(F)(F)F)c1)C(=O)N2)C(=O)OC(C)(C)C. The number of ether oxygens (including phenoxy) is 2. The number of anilines is 2. The van der Waals surface area contributed by atoms with E-state index in [2.05, 4.69) is 25.6 Å². The standard InChI is InChI=1S/C27H33F3N6O6/c1-26(2,3)42-25(40)36(4)9-6-8-31-22-21-19(24(39)35-23(21)34-15-33-22)14-32-17-11-16(27(28,29)30)12-18(13-17)41-10-5-7-20(37)38/h11-15,19H,5-10H2,1-4H3,(H,37,38)(H2,31,33,34,35,39). The van der Waals surface area contributed by atoms with E-state index in [0.29, 0.717) is 30.9 Å². The number of aromatic nitrogens is 2. The maximum absolute atomic E-state index is 13.5. The van der Waals surface area contributed by atoms with Crippen molar-refractivity contribution in [3.63, 3.8) is 0 Å². The number of aliphatic carboxylic acids is 1. The number of carbonyl (C=O) groups is 3. The van der Waals surface area contributed by atoms with Crippen LogP contribution >= 0.6 is 0 Å². The Labute approximate surface area is 240 Å². The quantitative estimate of drug-likeness (QED) is 0.231. The highest BCUT2D eigenvalue weighted by Crippen LogP contribution is 2.37. The number of hydrogen-bond donors (Lipinski definition) is 3. The van der Waals surface area contributed by atoms with Gasteiger partial charge in [0.1, 0.15) is 35.2 Å². The summed E-state index contributed by atoms with van der Waals surface area (Å²) in [6, 6.07) is 2.88. The van der Waals surface area contributed by atoms with E-state index in [0.717, 1.165) is 12.1 Å². The Morgan fingerprint density at radius 2 is 1.93 bits per heavy atom. The minimum Gasteiger partial charge on any atom is -0.493 e. The van der Waals surface area contributed by atoms with E-state index in [1.807, 2.05) is 0 Å². The maximum Gasteiger partial charge on any atom is 0.416 e. The van der Waals surface area contributed by atoms with Crippen LogP contribution in [0.2, 0.25) is 0 Å². The van der Waals surface area contributed by atoms with Crippen molar-refractivity contribution in [2.45, 2.75) is 57.7 Å². The van der Waals surface area contributed by atoms with Gasteiger partial charge >= 0.3 is 18.2 Å². The molecule has 1 unspecified atom stereocenters. The van der Waals surface area contributed by atoms with E-state index in [-0.39, 0.29) is 36.7 Å². The van der Waals surface area contributed by atoms with Crippen LogP contribution in [0, 0.1) is 0 Å². The number of halogens is 3. The van der Waals surface area contributed by atoms with Gasteiger partial charge in [0.15, 0.2) is 0 Å². The van der Waals surface area contributed by atoms with Crippen LogP contribution in [0.15, 0.2) is 29.5 Å². The second-order valence-electron chi connectivity index (χ2n) is 10.5. The Morgan fingerprint density at radius 3 is 2.60 bits per heavy atom. The number of fused-ring (bicyclic) bond motifs is 1. The van der Waals surface area contributed by atoms with Gasteiger partial charge in [-0.3, -0.25) is 14.6 Å². The van der Waals surface area contributed by atoms with Crippen molar-refractivity contribution in [3.8, 4) is 5.75 Å². The molecule has 0 aliphatic carbocycles. The van der Waals surface area contributed by atoms with Gasteiger partial charge in [-0.15, -0.1) is 0 Å². The maximum atomic E-state index is 13.5. The normalized spacial score (nSPS) is 14.8. The van der Waals surface area contributed by atoms with Gasteiger partial charge in [-0.25, -0.2) is 14.8 Å². The van der Waals surface area contributed by atoms with Crippen molar-refractivity contribution >= 4 is 41.5 Å². The van der Waals surface area contributed by atoms with Crippen LogP contribution in [0.3, 0.4) is 0 Å². The molecule has 3 N–H and O–H groups in total. The number of nitrogens with zero attached hydrogens (tertiary/aromatic N) is 4. The van der Waals surface area contributed by atoms with Crippen LogP contribution in [-0.2, 0) is 20.5 Å². The first kappa shape index (κ1) is 32.1. The Bertz CT molecular complexity index is 1330. The third-order valence-corrected chi connectivity index (χ3v) is 5.78. The van der Waals surface area contributed by atoms with Gasteiger partial charge < -0.3 is 30.1 Å². The first-order chi connectivity index (χ1) is 19.6. The zero-order chi connectivity index (χ0) is 31.1. The molecule has 0 spiro atoms. The zero-order valence-electron chi connectivity index (χ0n) is 23.6. The summed E-state index contributed by atoms with van der Waals surface area (Å²) in [6.07, 6.45) is -2.25. The first-order valence-electron chi connectivity index (χ1n) is 13.1. The van der Waals surface area contributed by atoms with Crippen LogP contribution < -0.4 is 15.4 Å². The fraction of sp³-hybridized carbons (Fsp3) is 0.481. The molecule has 1 aliphatic rings. The Morgan fingerprint density at radius 1 is 1.19 bits per heavy atom. The van der Waals surface area contributed by atoms with Gasteiger partial charge in [-0.05, 0) is 45.7 Å². The Balaban J connectivity index is 1.73. The van der Waals surface area contributed by atoms with E-state index in [1.54, 1.807) is 27.8 Å². The number of carboxylic acid groups (broad SMARTS) is 1. The van der Waals surface area contributed by atoms with Crippen molar-refractivity contribution in [2.24, 2.45) is 4.99 Å². The van der Waals surface area contributed by atoms with Crippen LogP contribution in [-0.4, -0.2) is 76.5 Å². The van der Waals surface area contributed by atoms with Crippen molar-refractivity contribution in [1.29, 1.82) is 0 Å². The summed E-state index contributed by atoms with van der Waals surface area (Å²) in [4.78, 5) is 49.4. The molecular weight excluding hydrogens is 561 g/mol. The number of alkyl halides is 3. The van der Waals surface area contributed by atoms with Crippen LogP contribution in [0.5, 0.6) is 5.75 Å². The molecule has 0 radical (unpaired) electrons. The second-order valence-corrected chi connectivity index (χ2v) is 10.5. The van der Waals surface area contributed by atoms with Crippen molar-refractivity contribution in [3.05, 3.63) is 35.7 Å². The lowest BCUT2D eigenvalue weighted by Crippen LogP contribution is -2.35. The van der Waals surface area contributed by atoms with Gasteiger partial charge in [-0.1, -0.05) is 0 Å². The molecular formula is C27H33F3N6O6. The molecule has 2 amide bonds. The number of rotatable bonds is 12. The highest BCUT2D eigenvalue weighted by atomic mass is 19.4. The van der Waals surface area contributed by atoms with Gasteiger partial charge in [-0.2, -0.15) is 13.2 Å². The number of carboxylic acids is 1. The lowest BCUT2D eigenvalue weighted by atomic mass is 10.0. The largest absolute Gasteiger partial charge is 0.493 e. The van der Waals surface area contributed by atoms with Crippen molar-refractivity contribution in [1.82, 2.24) is 14.9 Å². The highest BCUT2D eigenvalue weighted by Gasteiger charge is 2.34. The minimum atomic E-state index is -4.69. The average molecular weight is 595 g/mol. The topological polar surface area (TPSA) is 155 Å². The zero-order valence-corrected chi connectivity index (χ0v) is 23.6. The smallest absolute Gasteiger partial charge is 0.416 e. The van der Waals surface area contributed by atoms with Gasteiger partial charge in [0.25, 0.3) is 0 Å². The summed E-state index contributed by atoms with van der Waals surface area (Å²) in [6.45, 7) is 5.98. The fourth-order valence-electron chi connectivity index (χ4n) is 3.83. The van der Waals surface area contributed by atoms with E-state index >= 15 is 0 Å². The van der Waals surface area contributed by atoms with E-state index in [1.165, 1.54) is 23.5 Å². The summed E-state index contributed by atoms with van der Waals surface area (Å²) in [5.74, 6) is -2.09. The summed E-state index contributed by atoms with van der Waals surface area (Å²) >= 11 is 0. The van der Waals surface area contributed by atoms with E-state index in [4.69, 9.17) is 14.6 Å². The number of hydrogen-bond acceptors (Lipinski definition) is 9. The molecule has 0 fully saturated rings. The third kappa shape index (κ3) is 9.31. The molecule has 2 heterocycles. The average Bonchev–Trinajstić information content (AvgIpc) is 3.21. The van der Waals surface area contributed by atoms with Crippen LogP contribution in [0.4, 0.5) is 35.3 Å². The van der Waals surface area contributed by atoms with Gasteiger partial charge in [0, 0.05) is 38.8 Å². The summed E-state index contributed by atoms with van der Waals surface area (Å²) in [7, 11) is 1.62. The summed E-state index contributed by atoms with van der Waals surface area (Å²) < 4.78 is 51.2. The molecule has 3 rings (SSSR count). The predicted octanol–water partition coefficient (Wildman–Crippen LogP) is 4.85. The summed E-state index contributed by atoms with van der Waals surface area (Å²) in [5, 5.41) is 14.5. The van der Waals surface area contributed by atoms with Crippen LogP contribution in [0.25, 0.3) is 0 Å². The lowest BCUT2D eigenvalue weighted by molar-refractivity contribution is -0.138. The molecule has 0 saturated heterocycles.